The molecule has 0 aliphatic carbocycles. The van der Waals surface area contributed by atoms with E-state index >= 15 is 0 Å². The molecule has 1 atom stereocenters. The van der Waals surface area contributed by atoms with Crippen molar-refractivity contribution in [2.75, 3.05) is 40.6 Å². The van der Waals surface area contributed by atoms with Crippen molar-refractivity contribution < 1.29 is 28.5 Å². The van der Waals surface area contributed by atoms with Gasteiger partial charge in [-0.1, -0.05) is 0 Å². The molecular formula is C10H19N3O6. The van der Waals surface area contributed by atoms with Crippen LogP contribution >= 0.6 is 0 Å². The van der Waals surface area contributed by atoms with Gasteiger partial charge in [0.25, 0.3) is 0 Å². The van der Waals surface area contributed by atoms with Gasteiger partial charge in [-0.3, -0.25) is 9.79 Å². The van der Waals surface area contributed by atoms with Crippen LogP contribution in [0.1, 0.15) is 0 Å². The molecule has 0 rings (SSSR count). The van der Waals surface area contributed by atoms with Crippen LogP contribution in [0.2, 0.25) is 0 Å². The number of hydrogen-bond acceptors (Lipinski definition) is 7. The molecule has 9 nitrogen and oxygen atoms in total. The van der Waals surface area contributed by atoms with Crippen LogP contribution in [-0.4, -0.2) is 58.7 Å². The monoisotopic (exact) mass is 277 g/mol. The van der Waals surface area contributed by atoms with E-state index in [1.807, 2.05) is 0 Å². The lowest BCUT2D eigenvalue weighted by Crippen LogP contribution is -2.29. The van der Waals surface area contributed by atoms with Crippen molar-refractivity contribution in [3.63, 3.8) is 0 Å². The smallest absolute Gasteiger partial charge is 0.463 e. The van der Waals surface area contributed by atoms with Gasteiger partial charge < -0.3 is 30.4 Å². The number of rotatable bonds is 8. The van der Waals surface area contributed by atoms with Gasteiger partial charge in [0.1, 0.15) is 19.1 Å². The first kappa shape index (κ1) is 17.0. The van der Waals surface area contributed by atoms with Gasteiger partial charge >= 0.3 is 12.1 Å². The first-order chi connectivity index (χ1) is 9.01. The fraction of sp³-hybridized carbons (Fsp3) is 0.700. The van der Waals surface area contributed by atoms with E-state index in [9.17, 15) is 9.59 Å². The Hall–Kier alpha value is -2.03. The molecule has 1 unspecified atom stereocenters. The van der Waals surface area contributed by atoms with Gasteiger partial charge in [-0.25, -0.2) is 4.79 Å². The predicted octanol–water partition coefficient (Wildman–Crippen LogP) is -1.15. The Labute approximate surface area is 110 Å². The molecule has 9 heteroatoms. The van der Waals surface area contributed by atoms with E-state index in [4.69, 9.17) is 20.9 Å². The molecule has 0 saturated carbocycles. The maximum atomic E-state index is 11.6. The normalized spacial score (nSPS) is 11.3. The second-order valence-electron chi connectivity index (χ2n) is 3.39. The molecule has 0 heterocycles. The molecule has 0 aromatic heterocycles. The van der Waals surface area contributed by atoms with Gasteiger partial charge in [0.2, 0.25) is 0 Å². The summed E-state index contributed by atoms with van der Waals surface area (Å²) in [7, 11) is 2.58. The Morgan fingerprint density at radius 1 is 1.16 bits per heavy atom. The van der Waals surface area contributed by atoms with Crippen LogP contribution in [0.5, 0.6) is 0 Å². The summed E-state index contributed by atoms with van der Waals surface area (Å²) < 4.78 is 18.7. The number of esters is 1. The first-order valence-electron chi connectivity index (χ1n) is 5.43. The average Bonchev–Trinajstić information content (AvgIpc) is 2.38. The highest BCUT2D eigenvalue weighted by atomic mass is 16.7. The number of guanidine groups is 1. The van der Waals surface area contributed by atoms with Crippen LogP contribution in [0.3, 0.4) is 0 Å². The van der Waals surface area contributed by atoms with Crippen LogP contribution < -0.4 is 11.5 Å². The fourth-order valence-corrected chi connectivity index (χ4v) is 1.05. The molecule has 0 spiro atoms. The van der Waals surface area contributed by atoms with E-state index in [0.717, 1.165) is 0 Å². The third-order valence-corrected chi connectivity index (χ3v) is 1.90. The minimum atomic E-state index is -0.880. The van der Waals surface area contributed by atoms with E-state index in [-0.39, 0.29) is 32.3 Å². The number of ether oxygens (including phenoxy) is 4. The number of methoxy groups -OCH3 is 2. The molecule has 0 aliphatic heterocycles. The molecule has 0 aliphatic rings. The van der Waals surface area contributed by atoms with E-state index in [1.54, 1.807) is 0 Å². The molecule has 0 saturated heterocycles. The third-order valence-electron chi connectivity index (χ3n) is 1.90. The summed E-state index contributed by atoms with van der Waals surface area (Å²) in [6.07, 6.45) is -0.880. The highest BCUT2D eigenvalue weighted by molar-refractivity contribution is 5.75. The van der Waals surface area contributed by atoms with Crippen LogP contribution in [0.4, 0.5) is 4.79 Å². The van der Waals surface area contributed by atoms with Crippen molar-refractivity contribution in [2.45, 2.75) is 0 Å². The van der Waals surface area contributed by atoms with Crippen molar-refractivity contribution in [1.29, 1.82) is 0 Å². The van der Waals surface area contributed by atoms with Gasteiger partial charge in [0.05, 0.1) is 20.3 Å². The molecule has 0 radical (unpaired) electrons. The zero-order valence-electron chi connectivity index (χ0n) is 11.0. The van der Waals surface area contributed by atoms with Crippen molar-refractivity contribution in [2.24, 2.45) is 22.4 Å². The van der Waals surface area contributed by atoms with Crippen molar-refractivity contribution in [3.8, 4) is 0 Å². The number of nitrogens with zero attached hydrogens (tertiary/aromatic N) is 1. The molecule has 0 amide bonds. The summed E-state index contributed by atoms with van der Waals surface area (Å²) in [5.74, 6) is -1.39. The standard InChI is InChI=1S/C10H19N3O6/c1-16-5-7(6-19-10(15)17-2)8(14)18-4-3-13-9(11)12/h7H,3-6H2,1-2H3,(H4,11,12,13). The van der Waals surface area contributed by atoms with Gasteiger partial charge in [-0.15, -0.1) is 0 Å². The highest BCUT2D eigenvalue weighted by Crippen LogP contribution is 2.03. The van der Waals surface area contributed by atoms with Crippen LogP contribution in [0.25, 0.3) is 0 Å². The van der Waals surface area contributed by atoms with Gasteiger partial charge in [-0.2, -0.15) is 0 Å². The van der Waals surface area contributed by atoms with Crippen molar-refractivity contribution in [1.82, 2.24) is 0 Å². The average molecular weight is 277 g/mol. The van der Waals surface area contributed by atoms with E-state index in [1.165, 1.54) is 14.2 Å². The van der Waals surface area contributed by atoms with Gasteiger partial charge in [0, 0.05) is 7.11 Å². The molecule has 0 aromatic carbocycles. The SMILES string of the molecule is COCC(COC(=O)OC)C(=O)OCCN=C(N)N. The quantitative estimate of drug-likeness (QED) is 0.245. The molecule has 110 valence electrons. The van der Waals surface area contributed by atoms with Gasteiger partial charge in [0.15, 0.2) is 5.96 Å². The largest absolute Gasteiger partial charge is 0.508 e. The first-order valence-corrected chi connectivity index (χ1v) is 5.43. The van der Waals surface area contributed by atoms with Crippen molar-refractivity contribution >= 4 is 18.1 Å². The molecule has 0 fully saturated rings. The predicted molar refractivity (Wildman–Crippen MR) is 65.4 cm³/mol. The maximum Gasteiger partial charge on any atom is 0.508 e. The number of carbonyl (C=O) groups is 2. The van der Waals surface area contributed by atoms with E-state index < -0.39 is 18.0 Å². The van der Waals surface area contributed by atoms with E-state index in [2.05, 4.69) is 14.5 Å². The van der Waals surface area contributed by atoms with Crippen molar-refractivity contribution in [3.05, 3.63) is 0 Å². The Kier molecular flexibility index (Phi) is 8.88. The maximum absolute atomic E-state index is 11.6. The number of carbonyl (C=O) groups excluding carboxylic acids is 2. The summed E-state index contributed by atoms with van der Waals surface area (Å²) in [6.45, 7) is 0.0422. The number of nitrogens with two attached hydrogens (primary N) is 2. The Morgan fingerprint density at radius 2 is 1.84 bits per heavy atom. The molecule has 0 bridgehead atoms. The second-order valence-corrected chi connectivity index (χ2v) is 3.39. The second kappa shape index (κ2) is 9.95. The molecule has 0 aromatic rings. The summed E-state index contributed by atoms with van der Waals surface area (Å²) in [5.41, 5.74) is 10.2. The number of aliphatic imine (C=N–C) groups is 1. The summed E-state index contributed by atoms with van der Waals surface area (Å²) in [5, 5.41) is 0. The zero-order chi connectivity index (χ0) is 14.7. The summed E-state index contributed by atoms with van der Waals surface area (Å²) in [4.78, 5) is 26.1. The summed E-state index contributed by atoms with van der Waals surface area (Å²) in [6, 6.07) is 0. The summed E-state index contributed by atoms with van der Waals surface area (Å²) >= 11 is 0. The van der Waals surface area contributed by atoms with Crippen LogP contribution in [0.15, 0.2) is 4.99 Å². The lowest BCUT2D eigenvalue weighted by atomic mass is 10.2. The Bertz CT molecular complexity index is 316. The molecule has 19 heavy (non-hydrogen) atoms. The fourth-order valence-electron chi connectivity index (χ4n) is 1.05. The topological polar surface area (TPSA) is 135 Å². The minimum absolute atomic E-state index is 0.0230. The number of hydrogen-bond donors (Lipinski definition) is 2. The van der Waals surface area contributed by atoms with E-state index in [0.29, 0.717) is 0 Å². The Balaban J connectivity index is 4.10. The molecule has 4 N–H and O–H groups in total. The van der Waals surface area contributed by atoms with Crippen LogP contribution in [-0.2, 0) is 23.7 Å². The third kappa shape index (κ3) is 8.66. The minimum Gasteiger partial charge on any atom is -0.463 e. The van der Waals surface area contributed by atoms with Crippen LogP contribution in [0, 0.1) is 5.92 Å². The highest BCUT2D eigenvalue weighted by Gasteiger charge is 2.22. The van der Waals surface area contributed by atoms with Gasteiger partial charge in [-0.05, 0) is 0 Å². The Morgan fingerprint density at radius 3 is 2.37 bits per heavy atom. The molecular weight excluding hydrogens is 258 g/mol. The zero-order valence-corrected chi connectivity index (χ0v) is 11.0. The lowest BCUT2D eigenvalue weighted by Gasteiger charge is -2.14. The lowest BCUT2D eigenvalue weighted by molar-refractivity contribution is -0.151.